The molecule has 206 valence electrons. The number of para-hydroxylation sites is 1. The van der Waals surface area contributed by atoms with E-state index in [1.54, 1.807) is 48.5 Å². The molecule has 0 fully saturated rings. The van der Waals surface area contributed by atoms with Crippen LogP contribution in [0.4, 0.5) is 0 Å². The highest BCUT2D eigenvalue weighted by molar-refractivity contribution is 6.14. The van der Waals surface area contributed by atoms with Crippen molar-refractivity contribution < 1.29 is 26.7 Å². The van der Waals surface area contributed by atoms with E-state index in [0.29, 0.717) is 11.1 Å². The Morgan fingerprint density at radius 1 is 0.432 bits per heavy atom. The maximum atomic E-state index is 9.47. The Kier molecular flexibility index (Phi) is 3.30. The smallest absolute Gasteiger partial charge is 0.164 e. The minimum atomic E-state index is -0.691. The molecular weight excluding hydrogens is 542 g/mol. The van der Waals surface area contributed by atoms with Gasteiger partial charge in [-0.25, -0.2) is 15.0 Å². The molecule has 0 aliphatic carbocycles. The van der Waals surface area contributed by atoms with Gasteiger partial charge in [0.1, 0.15) is 22.3 Å². The van der Waals surface area contributed by atoms with Crippen LogP contribution in [0.5, 0.6) is 0 Å². The number of fused-ring (bicyclic) bond motifs is 6. The molecule has 0 bridgehead atoms. The van der Waals surface area contributed by atoms with E-state index in [4.69, 9.17) is 21.2 Å². The van der Waals surface area contributed by atoms with Crippen molar-refractivity contribution in [1.82, 2.24) is 15.0 Å². The standard InChI is InChI=1S/C39H23N3O2/c1-3-10-24(11-4-1)37-40-38(25-12-5-2-6-13-25)42-39(41-37)27-18-20-29-31-22-26(19-21-33(31)44-35(29)23-27)28-15-9-17-34-36(28)30-14-7-8-16-32(30)43-34/h1-23H/i7D,8D,9D,14D,15D,16D,17D,18D,19D,20D,21D,22D,23D. The lowest BCUT2D eigenvalue weighted by Crippen LogP contribution is -2.00. The number of rotatable bonds is 4. The van der Waals surface area contributed by atoms with Crippen LogP contribution >= 0.6 is 0 Å². The second-order valence-corrected chi connectivity index (χ2v) is 9.81. The zero-order valence-electron chi connectivity index (χ0n) is 35.4. The summed E-state index contributed by atoms with van der Waals surface area (Å²) in [5.74, 6) is 0.367. The quantitative estimate of drug-likeness (QED) is 0.208. The Balaban J connectivity index is 1.37. The first-order valence-electron chi connectivity index (χ1n) is 20.0. The first-order valence-corrected chi connectivity index (χ1v) is 13.5. The second-order valence-electron chi connectivity index (χ2n) is 9.81. The Bertz CT molecular complexity index is 3170. The first kappa shape index (κ1) is 14.9. The summed E-state index contributed by atoms with van der Waals surface area (Å²) in [7, 11) is 0. The van der Waals surface area contributed by atoms with Gasteiger partial charge in [0.05, 0.1) is 17.8 Å². The zero-order valence-corrected chi connectivity index (χ0v) is 22.4. The molecule has 0 aliphatic rings. The molecule has 5 heteroatoms. The summed E-state index contributed by atoms with van der Waals surface area (Å²) in [6.45, 7) is 0. The molecule has 44 heavy (non-hydrogen) atoms. The molecule has 3 heterocycles. The van der Waals surface area contributed by atoms with Gasteiger partial charge in [0.25, 0.3) is 0 Å². The largest absolute Gasteiger partial charge is 0.456 e. The van der Waals surface area contributed by atoms with E-state index in [1.165, 1.54) is 0 Å². The van der Waals surface area contributed by atoms with E-state index in [-0.39, 0.29) is 72.5 Å². The average molecular weight is 579 g/mol. The lowest BCUT2D eigenvalue weighted by molar-refractivity contribution is 0.669. The Hall–Kier alpha value is -6.07. The summed E-state index contributed by atoms with van der Waals surface area (Å²) in [6.07, 6.45) is 0. The molecule has 0 saturated carbocycles. The molecule has 9 rings (SSSR count). The fourth-order valence-corrected chi connectivity index (χ4v) is 5.10. The topological polar surface area (TPSA) is 65.0 Å². The van der Waals surface area contributed by atoms with E-state index in [0.717, 1.165) is 0 Å². The van der Waals surface area contributed by atoms with E-state index in [2.05, 4.69) is 15.0 Å². The molecule has 0 amide bonds. The van der Waals surface area contributed by atoms with Gasteiger partial charge in [-0.2, -0.15) is 0 Å². The van der Waals surface area contributed by atoms with Crippen LogP contribution in [-0.4, -0.2) is 15.0 Å². The first-order chi connectivity index (χ1) is 27.2. The van der Waals surface area contributed by atoms with Crippen molar-refractivity contribution >= 4 is 43.9 Å². The molecule has 0 unspecified atom stereocenters. The molecule has 0 atom stereocenters. The van der Waals surface area contributed by atoms with Crippen molar-refractivity contribution in [3.63, 3.8) is 0 Å². The molecule has 0 saturated heterocycles. The van der Waals surface area contributed by atoms with Gasteiger partial charge in [-0.05, 0) is 47.4 Å². The molecule has 0 spiro atoms. The van der Waals surface area contributed by atoms with Crippen LogP contribution in [0.15, 0.2) is 148 Å². The van der Waals surface area contributed by atoms with Crippen LogP contribution in [0.2, 0.25) is 0 Å². The normalized spacial score (nSPS) is 15.8. The van der Waals surface area contributed by atoms with Gasteiger partial charge >= 0.3 is 0 Å². The molecular formula is C39H23N3O2. The van der Waals surface area contributed by atoms with Gasteiger partial charge in [-0.3, -0.25) is 0 Å². The lowest BCUT2D eigenvalue weighted by Gasteiger charge is -2.08. The summed E-state index contributed by atoms with van der Waals surface area (Å²) in [6, 6.07) is 10.3. The molecule has 0 N–H and O–H groups in total. The highest BCUT2D eigenvalue weighted by atomic mass is 16.3. The minimum absolute atomic E-state index is 0.108. The van der Waals surface area contributed by atoms with Gasteiger partial charge in [0, 0.05) is 38.2 Å². The maximum Gasteiger partial charge on any atom is 0.164 e. The number of aromatic nitrogens is 3. The number of hydrogen-bond acceptors (Lipinski definition) is 5. The van der Waals surface area contributed by atoms with Crippen molar-refractivity contribution in [2.24, 2.45) is 0 Å². The Labute approximate surface area is 270 Å². The van der Waals surface area contributed by atoms with Crippen LogP contribution < -0.4 is 0 Å². The van der Waals surface area contributed by atoms with Gasteiger partial charge in [-0.15, -0.1) is 0 Å². The van der Waals surface area contributed by atoms with Gasteiger partial charge in [0.2, 0.25) is 0 Å². The van der Waals surface area contributed by atoms with Crippen molar-refractivity contribution in [3.05, 3.63) is 139 Å². The summed E-state index contributed by atoms with van der Waals surface area (Å²) in [5.41, 5.74) is -1.16. The summed E-state index contributed by atoms with van der Waals surface area (Å²) in [5, 5.41) is -0.932. The third kappa shape index (κ3) is 3.98. The molecule has 6 aromatic carbocycles. The summed E-state index contributed by atoms with van der Waals surface area (Å²) >= 11 is 0. The second kappa shape index (κ2) is 9.75. The summed E-state index contributed by atoms with van der Waals surface area (Å²) < 4.78 is 127. The van der Waals surface area contributed by atoms with Gasteiger partial charge in [-0.1, -0.05) is 103 Å². The van der Waals surface area contributed by atoms with Crippen LogP contribution in [0.1, 0.15) is 17.8 Å². The molecule has 5 nitrogen and oxygen atoms in total. The van der Waals surface area contributed by atoms with E-state index in [9.17, 15) is 5.48 Å². The molecule has 3 aromatic heterocycles. The average Bonchev–Trinajstić information content (AvgIpc) is 3.83. The number of benzene rings is 6. The van der Waals surface area contributed by atoms with Crippen LogP contribution in [0.25, 0.3) is 89.2 Å². The number of furan rings is 2. The lowest BCUT2D eigenvalue weighted by atomic mass is 9.98. The third-order valence-corrected chi connectivity index (χ3v) is 7.13. The van der Waals surface area contributed by atoms with Crippen molar-refractivity contribution in [2.45, 2.75) is 0 Å². The number of hydrogen-bond donors (Lipinski definition) is 0. The predicted octanol–water partition coefficient (Wildman–Crippen LogP) is 10.3. The minimum Gasteiger partial charge on any atom is -0.456 e. The van der Waals surface area contributed by atoms with Gasteiger partial charge < -0.3 is 8.83 Å². The van der Waals surface area contributed by atoms with Crippen LogP contribution in [0.3, 0.4) is 0 Å². The zero-order chi connectivity index (χ0) is 40.3. The van der Waals surface area contributed by atoms with E-state index < -0.39 is 84.1 Å². The third-order valence-electron chi connectivity index (χ3n) is 7.13. The van der Waals surface area contributed by atoms with Crippen molar-refractivity contribution in [3.8, 4) is 45.3 Å². The Morgan fingerprint density at radius 2 is 1.05 bits per heavy atom. The molecule has 0 radical (unpaired) electrons. The van der Waals surface area contributed by atoms with Crippen molar-refractivity contribution in [1.29, 1.82) is 0 Å². The number of nitrogens with zero attached hydrogens (tertiary/aromatic N) is 3. The van der Waals surface area contributed by atoms with Crippen LogP contribution in [0, 0.1) is 0 Å². The fourth-order valence-electron chi connectivity index (χ4n) is 5.10. The predicted molar refractivity (Wildman–Crippen MR) is 176 cm³/mol. The Morgan fingerprint density at radius 3 is 1.80 bits per heavy atom. The monoisotopic (exact) mass is 578 g/mol. The van der Waals surface area contributed by atoms with Crippen molar-refractivity contribution in [2.75, 3.05) is 0 Å². The maximum absolute atomic E-state index is 9.47. The van der Waals surface area contributed by atoms with Gasteiger partial charge in [0.15, 0.2) is 17.5 Å². The highest BCUT2D eigenvalue weighted by Crippen LogP contribution is 2.39. The highest BCUT2D eigenvalue weighted by Gasteiger charge is 2.16. The molecule has 9 aromatic rings. The van der Waals surface area contributed by atoms with E-state index >= 15 is 0 Å². The SMILES string of the molecule is [2H]c1c(-c2c([2H])c([2H])c([2H])c3oc4c([2H])c([2H])c([2H])c([2H])c4c23)c([2H])c2c(oc3c([2H])c(-c4nc(-c5ccccc5)nc(-c5ccccc5)n4)c([2H])c([2H])c32)c1[2H]. The van der Waals surface area contributed by atoms with E-state index in [1.807, 2.05) is 12.1 Å². The van der Waals surface area contributed by atoms with Crippen LogP contribution in [-0.2, 0) is 0 Å². The molecule has 0 aliphatic heterocycles. The fraction of sp³-hybridized carbons (Fsp3) is 0. The summed E-state index contributed by atoms with van der Waals surface area (Å²) in [4.78, 5) is 13.9.